The van der Waals surface area contributed by atoms with E-state index in [4.69, 9.17) is 4.42 Å². The predicted molar refractivity (Wildman–Crippen MR) is 130 cm³/mol. The highest BCUT2D eigenvalue weighted by molar-refractivity contribution is 14.0. The molecule has 1 aromatic heterocycles. The Morgan fingerprint density at radius 2 is 1.90 bits per heavy atom. The smallest absolute Gasteiger partial charge is 0.287 e. The summed E-state index contributed by atoms with van der Waals surface area (Å²) in [4.78, 5) is 19.0. The number of aliphatic imine (C=N–C) groups is 1. The minimum Gasteiger partial charge on any atom is -0.459 e. The normalized spacial score (nSPS) is 15.3. The first kappa shape index (κ1) is 24.2. The minimum atomic E-state index is -0.214. The van der Waals surface area contributed by atoms with Gasteiger partial charge in [0.05, 0.1) is 12.8 Å². The molecule has 1 amide bonds. The van der Waals surface area contributed by atoms with Gasteiger partial charge in [-0.3, -0.25) is 14.7 Å². The summed E-state index contributed by atoms with van der Waals surface area (Å²) in [6, 6.07) is 14.4. The number of halogens is 1. The molecule has 1 aliphatic rings. The SMILES string of the molecule is CCNC(=NCCNC(=O)c1ccco1)NC1CCN(Cc2ccccc2)CC1.I. The molecule has 0 radical (unpaired) electrons. The quantitative estimate of drug-likeness (QED) is 0.214. The number of carbonyl (C=O) groups is 1. The molecule has 8 heteroatoms. The molecule has 0 unspecified atom stereocenters. The second kappa shape index (κ2) is 13.3. The second-order valence-electron chi connectivity index (χ2n) is 7.17. The number of rotatable bonds is 8. The summed E-state index contributed by atoms with van der Waals surface area (Å²) >= 11 is 0. The van der Waals surface area contributed by atoms with Gasteiger partial charge in [-0.25, -0.2) is 0 Å². The van der Waals surface area contributed by atoms with Crippen LogP contribution in [-0.2, 0) is 6.54 Å². The van der Waals surface area contributed by atoms with Crippen molar-refractivity contribution in [2.24, 2.45) is 4.99 Å². The van der Waals surface area contributed by atoms with Crippen LogP contribution in [0.15, 0.2) is 58.1 Å². The van der Waals surface area contributed by atoms with E-state index in [-0.39, 0.29) is 29.9 Å². The summed E-state index contributed by atoms with van der Waals surface area (Å²) < 4.78 is 5.08. The van der Waals surface area contributed by atoms with Crippen LogP contribution in [0.5, 0.6) is 0 Å². The van der Waals surface area contributed by atoms with Crippen molar-refractivity contribution in [3.05, 3.63) is 60.1 Å². The maximum atomic E-state index is 11.9. The van der Waals surface area contributed by atoms with Crippen LogP contribution in [-0.4, -0.2) is 55.5 Å². The lowest BCUT2D eigenvalue weighted by Crippen LogP contribution is -2.48. The third-order valence-electron chi connectivity index (χ3n) is 4.93. The number of nitrogens with one attached hydrogen (secondary N) is 3. The Labute approximate surface area is 195 Å². The molecule has 0 atom stereocenters. The predicted octanol–water partition coefficient (Wildman–Crippen LogP) is 2.85. The fourth-order valence-corrected chi connectivity index (χ4v) is 3.42. The number of amides is 1. The first-order chi connectivity index (χ1) is 14.2. The maximum Gasteiger partial charge on any atom is 0.287 e. The third-order valence-corrected chi connectivity index (χ3v) is 4.93. The van der Waals surface area contributed by atoms with Crippen LogP contribution < -0.4 is 16.0 Å². The Hall–Kier alpha value is -2.07. The summed E-state index contributed by atoms with van der Waals surface area (Å²) in [5, 5.41) is 9.64. The van der Waals surface area contributed by atoms with Gasteiger partial charge in [0.2, 0.25) is 0 Å². The summed E-state index contributed by atoms with van der Waals surface area (Å²) in [6.07, 6.45) is 3.67. The van der Waals surface area contributed by atoms with E-state index in [0.29, 0.717) is 24.9 Å². The van der Waals surface area contributed by atoms with Crippen LogP contribution >= 0.6 is 24.0 Å². The van der Waals surface area contributed by atoms with Crippen molar-refractivity contribution in [2.45, 2.75) is 32.4 Å². The van der Waals surface area contributed by atoms with Crippen LogP contribution in [0.2, 0.25) is 0 Å². The number of guanidine groups is 1. The third kappa shape index (κ3) is 7.98. The molecule has 3 N–H and O–H groups in total. The summed E-state index contributed by atoms with van der Waals surface area (Å²) in [5.74, 6) is 0.913. The molecule has 1 aliphatic heterocycles. The molecule has 0 bridgehead atoms. The number of likely N-dealkylation sites (tertiary alicyclic amines) is 1. The van der Waals surface area contributed by atoms with E-state index in [0.717, 1.165) is 45.0 Å². The Balaban J connectivity index is 0.00000320. The number of furan rings is 1. The molecule has 0 saturated carbocycles. The standard InChI is InChI=1S/C22H31N5O2.HI/c1-2-23-22(25-13-12-24-21(28)20-9-6-16-29-20)26-19-10-14-27(15-11-19)17-18-7-4-3-5-8-18;/h3-9,16,19H,2,10-15,17H2,1H3,(H,24,28)(H2,23,25,26);1H. The van der Waals surface area contributed by atoms with Gasteiger partial charge in [0.25, 0.3) is 5.91 Å². The maximum absolute atomic E-state index is 11.9. The minimum absolute atomic E-state index is 0. The highest BCUT2D eigenvalue weighted by Crippen LogP contribution is 2.13. The molecule has 30 heavy (non-hydrogen) atoms. The Bertz CT molecular complexity index is 759. The number of nitrogens with zero attached hydrogens (tertiary/aromatic N) is 2. The van der Waals surface area contributed by atoms with Crippen molar-refractivity contribution in [2.75, 3.05) is 32.7 Å². The van der Waals surface area contributed by atoms with Crippen molar-refractivity contribution in [3.63, 3.8) is 0 Å². The lowest BCUT2D eigenvalue weighted by Gasteiger charge is -2.33. The molecule has 2 heterocycles. The number of carbonyl (C=O) groups excluding carboxylic acids is 1. The molecular formula is C22H32IN5O2. The monoisotopic (exact) mass is 525 g/mol. The average molecular weight is 525 g/mol. The van der Waals surface area contributed by atoms with Crippen molar-refractivity contribution in [1.82, 2.24) is 20.9 Å². The van der Waals surface area contributed by atoms with Crippen LogP contribution in [0.3, 0.4) is 0 Å². The van der Waals surface area contributed by atoms with Crippen molar-refractivity contribution in [3.8, 4) is 0 Å². The largest absolute Gasteiger partial charge is 0.459 e. The topological polar surface area (TPSA) is 81.9 Å². The van der Waals surface area contributed by atoms with Gasteiger partial charge in [-0.15, -0.1) is 24.0 Å². The zero-order valence-corrected chi connectivity index (χ0v) is 19.8. The number of benzene rings is 1. The Kier molecular flexibility index (Phi) is 10.7. The number of piperidine rings is 1. The second-order valence-corrected chi connectivity index (χ2v) is 7.17. The van der Waals surface area contributed by atoms with Gasteiger partial charge in [0, 0.05) is 38.8 Å². The van der Waals surface area contributed by atoms with Gasteiger partial charge in [0.15, 0.2) is 11.7 Å². The average Bonchev–Trinajstić information content (AvgIpc) is 3.28. The fourth-order valence-electron chi connectivity index (χ4n) is 3.42. The van der Waals surface area contributed by atoms with E-state index >= 15 is 0 Å². The van der Waals surface area contributed by atoms with Gasteiger partial charge in [0.1, 0.15) is 0 Å². The summed E-state index contributed by atoms with van der Waals surface area (Å²) in [6.45, 7) is 6.99. The van der Waals surface area contributed by atoms with E-state index in [1.165, 1.54) is 11.8 Å². The lowest BCUT2D eigenvalue weighted by molar-refractivity contribution is 0.0927. The van der Waals surface area contributed by atoms with E-state index in [2.05, 4.69) is 63.1 Å². The summed E-state index contributed by atoms with van der Waals surface area (Å²) in [5.41, 5.74) is 1.37. The van der Waals surface area contributed by atoms with Crippen molar-refractivity contribution < 1.29 is 9.21 Å². The molecular weight excluding hydrogens is 493 g/mol. The van der Waals surface area contributed by atoms with E-state index < -0.39 is 0 Å². The number of hydrogen-bond donors (Lipinski definition) is 3. The molecule has 1 aromatic carbocycles. The van der Waals surface area contributed by atoms with E-state index in [1.807, 2.05) is 0 Å². The van der Waals surface area contributed by atoms with Gasteiger partial charge in [-0.1, -0.05) is 30.3 Å². The van der Waals surface area contributed by atoms with Gasteiger partial charge in [-0.05, 0) is 37.5 Å². The highest BCUT2D eigenvalue weighted by Gasteiger charge is 2.20. The van der Waals surface area contributed by atoms with Gasteiger partial charge < -0.3 is 20.4 Å². The molecule has 1 fully saturated rings. The zero-order chi connectivity index (χ0) is 20.3. The van der Waals surface area contributed by atoms with Crippen LogP contribution in [0.25, 0.3) is 0 Å². The van der Waals surface area contributed by atoms with E-state index in [1.54, 1.807) is 12.1 Å². The fraction of sp³-hybridized carbons (Fsp3) is 0.455. The van der Waals surface area contributed by atoms with Crippen LogP contribution in [0.1, 0.15) is 35.9 Å². The molecule has 0 aliphatic carbocycles. The lowest BCUT2D eigenvalue weighted by atomic mass is 10.0. The van der Waals surface area contributed by atoms with Crippen molar-refractivity contribution in [1.29, 1.82) is 0 Å². The highest BCUT2D eigenvalue weighted by atomic mass is 127. The Morgan fingerprint density at radius 1 is 1.13 bits per heavy atom. The Morgan fingerprint density at radius 3 is 2.57 bits per heavy atom. The van der Waals surface area contributed by atoms with Crippen molar-refractivity contribution >= 4 is 35.8 Å². The zero-order valence-electron chi connectivity index (χ0n) is 17.5. The molecule has 3 rings (SSSR count). The van der Waals surface area contributed by atoms with Gasteiger partial charge in [-0.2, -0.15) is 0 Å². The molecule has 7 nitrogen and oxygen atoms in total. The molecule has 2 aromatic rings. The van der Waals surface area contributed by atoms with Gasteiger partial charge >= 0.3 is 0 Å². The first-order valence-electron chi connectivity index (χ1n) is 10.4. The van der Waals surface area contributed by atoms with E-state index in [9.17, 15) is 4.79 Å². The number of hydrogen-bond acceptors (Lipinski definition) is 4. The van der Waals surface area contributed by atoms with Crippen LogP contribution in [0.4, 0.5) is 0 Å². The molecule has 0 spiro atoms. The molecule has 164 valence electrons. The van der Waals surface area contributed by atoms with Crippen LogP contribution in [0, 0.1) is 0 Å². The first-order valence-corrected chi connectivity index (χ1v) is 10.4. The molecule has 1 saturated heterocycles. The summed E-state index contributed by atoms with van der Waals surface area (Å²) in [7, 11) is 0.